The van der Waals surface area contributed by atoms with Crippen molar-refractivity contribution in [3.05, 3.63) is 0 Å². The molecule has 0 aliphatic rings. The molecule has 0 heterocycles. The summed E-state index contributed by atoms with van der Waals surface area (Å²) in [6.45, 7) is 6.33. The van der Waals surface area contributed by atoms with Gasteiger partial charge in [-0.05, 0) is 19.8 Å². The third kappa shape index (κ3) is 8.86. The third-order valence-corrected chi connectivity index (χ3v) is 3.33. The molecule has 24 heavy (non-hydrogen) atoms. The zero-order valence-electron chi connectivity index (χ0n) is 15.2. The average molecular weight is 346 g/mol. The minimum atomic E-state index is -1.18. The molecule has 0 aromatic carbocycles. The number of carbonyl (C=O) groups excluding carboxylic acids is 3. The smallest absolute Gasteiger partial charge is 0.335 e. The zero-order chi connectivity index (χ0) is 18.4. The lowest BCUT2D eigenvalue weighted by atomic mass is 9.98. The molecule has 7 heteroatoms. The molecule has 0 aliphatic heterocycles. The van der Waals surface area contributed by atoms with Gasteiger partial charge in [-0.15, -0.1) is 0 Å². The van der Waals surface area contributed by atoms with Gasteiger partial charge in [-0.3, -0.25) is 9.59 Å². The Hall–Kier alpha value is -1.63. The van der Waals surface area contributed by atoms with Crippen LogP contribution in [0.25, 0.3) is 0 Å². The van der Waals surface area contributed by atoms with E-state index >= 15 is 0 Å². The van der Waals surface area contributed by atoms with E-state index in [4.69, 9.17) is 18.9 Å². The van der Waals surface area contributed by atoms with Crippen LogP contribution in [0.4, 0.5) is 0 Å². The van der Waals surface area contributed by atoms with Crippen LogP contribution >= 0.6 is 0 Å². The highest BCUT2D eigenvalue weighted by molar-refractivity contribution is 5.87. The maximum atomic E-state index is 12.3. The quantitative estimate of drug-likeness (QED) is 0.287. The van der Waals surface area contributed by atoms with E-state index in [1.54, 1.807) is 6.92 Å². The summed E-state index contributed by atoms with van der Waals surface area (Å²) in [7, 11) is 1.21. The van der Waals surface area contributed by atoms with Crippen molar-refractivity contribution in [1.82, 2.24) is 0 Å². The van der Waals surface area contributed by atoms with Gasteiger partial charge in [0.15, 0.2) is 6.10 Å². The summed E-state index contributed by atoms with van der Waals surface area (Å²) in [5, 5.41) is 0. The summed E-state index contributed by atoms with van der Waals surface area (Å²) in [4.78, 5) is 36.1. The lowest BCUT2D eigenvalue weighted by Crippen LogP contribution is -2.40. The van der Waals surface area contributed by atoms with E-state index in [1.165, 1.54) is 7.11 Å². The van der Waals surface area contributed by atoms with Gasteiger partial charge in [0.1, 0.15) is 5.92 Å². The van der Waals surface area contributed by atoms with Crippen molar-refractivity contribution in [2.24, 2.45) is 5.92 Å². The van der Waals surface area contributed by atoms with Gasteiger partial charge in [-0.2, -0.15) is 0 Å². The largest absolute Gasteiger partial charge is 0.467 e. The molecule has 0 aromatic heterocycles. The molecule has 0 N–H and O–H groups in total. The first-order chi connectivity index (χ1) is 11.5. The van der Waals surface area contributed by atoms with Crippen LogP contribution in [-0.2, 0) is 33.3 Å². The van der Waals surface area contributed by atoms with Gasteiger partial charge in [0, 0.05) is 6.61 Å². The van der Waals surface area contributed by atoms with Gasteiger partial charge in [0.25, 0.3) is 0 Å². The first-order valence-electron chi connectivity index (χ1n) is 8.53. The first kappa shape index (κ1) is 22.4. The van der Waals surface area contributed by atoms with Crippen molar-refractivity contribution in [3.63, 3.8) is 0 Å². The normalized spacial score (nSPS) is 13.0. The SMILES string of the molecule is CCCCOC(=O)C(CC(=O)OCC)C(OCCCC)C(=O)OC. The van der Waals surface area contributed by atoms with Gasteiger partial charge in [0.2, 0.25) is 0 Å². The monoisotopic (exact) mass is 346 g/mol. The van der Waals surface area contributed by atoms with Crippen LogP contribution < -0.4 is 0 Å². The van der Waals surface area contributed by atoms with E-state index in [1.807, 2.05) is 13.8 Å². The second-order valence-corrected chi connectivity index (χ2v) is 5.30. The molecule has 0 spiro atoms. The van der Waals surface area contributed by atoms with Crippen molar-refractivity contribution in [2.75, 3.05) is 26.9 Å². The Labute approximate surface area is 144 Å². The summed E-state index contributed by atoms with van der Waals surface area (Å²) in [5.74, 6) is -3.01. The summed E-state index contributed by atoms with van der Waals surface area (Å²) in [5.41, 5.74) is 0. The van der Waals surface area contributed by atoms with Gasteiger partial charge in [0.05, 0.1) is 26.7 Å². The van der Waals surface area contributed by atoms with E-state index in [-0.39, 0.29) is 26.2 Å². The van der Waals surface area contributed by atoms with Crippen LogP contribution in [0.5, 0.6) is 0 Å². The van der Waals surface area contributed by atoms with Crippen LogP contribution in [0.3, 0.4) is 0 Å². The zero-order valence-corrected chi connectivity index (χ0v) is 15.2. The number of methoxy groups -OCH3 is 1. The molecular weight excluding hydrogens is 316 g/mol. The standard InChI is InChI=1S/C17H30O7/c1-5-8-10-23-15(17(20)21-4)13(12-14(18)22-7-3)16(19)24-11-9-6-2/h13,15H,5-12H2,1-4H3. The van der Waals surface area contributed by atoms with Crippen molar-refractivity contribution < 1.29 is 33.3 Å². The second kappa shape index (κ2) is 13.8. The molecule has 140 valence electrons. The second-order valence-electron chi connectivity index (χ2n) is 5.30. The van der Waals surface area contributed by atoms with Crippen LogP contribution in [0.15, 0.2) is 0 Å². The highest BCUT2D eigenvalue weighted by Crippen LogP contribution is 2.18. The lowest BCUT2D eigenvalue weighted by molar-refractivity contribution is -0.172. The molecule has 0 amide bonds. The van der Waals surface area contributed by atoms with Gasteiger partial charge < -0.3 is 18.9 Å². The van der Waals surface area contributed by atoms with Crippen molar-refractivity contribution in [1.29, 1.82) is 0 Å². The number of unbranched alkanes of at least 4 members (excludes halogenated alkanes) is 2. The molecule has 0 radical (unpaired) electrons. The third-order valence-electron chi connectivity index (χ3n) is 3.33. The van der Waals surface area contributed by atoms with Crippen LogP contribution in [0, 0.1) is 5.92 Å². The predicted molar refractivity (Wildman–Crippen MR) is 87.3 cm³/mol. The predicted octanol–water partition coefficient (Wildman–Crippen LogP) is 2.26. The van der Waals surface area contributed by atoms with Crippen molar-refractivity contribution in [2.45, 2.75) is 59.0 Å². The Morgan fingerprint density at radius 2 is 1.50 bits per heavy atom. The van der Waals surface area contributed by atoms with E-state index < -0.39 is 29.9 Å². The van der Waals surface area contributed by atoms with Crippen molar-refractivity contribution in [3.8, 4) is 0 Å². The Morgan fingerprint density at radius 3 is 2.04 bits per heavy atom. The number of ether oxygens (including phenoxy) is 4. The van der Waals surface area contributed by atoms with Crippen LogP contribution in [0.2, 0.25) is 0 Å². The van der Waals surface area contributed by atoms with Crippen LogP contribution in [-0.4, -0.2) is 50.9 Å². The fourth-order valence-corrected chi connectivity index (χ4v) is 1.96. The Morgan fingerprint density at radius 1 is 0.875 bits per heavy atom. The van der Waals surface area contributed by atoms with Crippen LogP contribution in [0.1, 0.15) is 52.9 Å². The molecule has 0 rings (SSSR count). The first-order valence-corrected chi connectivity index (χ1v) is 8.53. The number of hydrogen-bond acceptors (Lipinski definition) is 7. The Bertz CT molecular complexity index is 381. The maximum absolute atomic E-state index is 12.3. The molecule has 0 saturated carbocycles. The molecule has 0 aliphatic carbocycles. The number of carbonyl (C=O) groups is 3. The fourth-order valence-electron chi connectivity index (χ4n) is 1.96. The van der Waals surface area contributed by atoms with E-state index in [9.17, 15) is 14.4 Å². The minimum absolute atomic E-state index is 0.190. The van der Waals surface area contributed by atoms with E-state index in [0.29, 0.717) is 6.42 Å². The molecule has 0 fully saturated rings. The number of hydrogen-bond donors (Lipinski definition) is 0. The highest BCUT2D eigenvalue weighted by atomic mass is 16.6. The fraction of sp³-hybridized carbons (Fsp3) is 0.824. The lowest BCUT2D eigenvalue weighted by Gasteiger charge is -2.23. The molecular formula is C17H30O7. The molecule has 0 bridgehead atoms. The number of rotatable bonds is 13. The molecule has 2 unspecified atom stereocenters. The summed E-state index contributed by atoms with van der Waals surface area (Å²) < 4.78 is 20.3. The van der Waals surface area contributed by atoms with Crippen molar-refractivity contribution >= 4 is 17.9 Å². The summed E-state index contributed by atoms with van der Waals surface area (Å²) in [6.07, 6.45) is 1.70. The summed E-state index contributed by atoms with van der Waals surface area (Å²) >= 11 is 0. The maximum Gasteiger partial charge on any atom is 0.335 e. The molecule has 7 nitrogen and oxygen atoms in total. The summed E-state index contributed by atoms with van der Waals surface area (Å²) in [6, 6.07) is 0. The minimum Gasteiger partial charge on any atom is -0.467 e. The topological polar surface area (TPSA) is 88.1 Å². The van der Waals surface area contributed by atoms with Gasteiger partial charge in [-0.1, -0.05) is 26.7 Å². The molecule has 0 aromatic rings. The number of esters is 3. The Kier molecular flexibility index (Phi) is 12.8. The molecule has 0 saturated heterocycles. The van der Waals surface area contributed by atoms with E-state index in [2.05, 4.69) is 0 Å². The van der Waals surface area contributed by atoms with E-state index in [0.717, 1.165) is 19.3 Å². The average Bonchev–Trinajstić information content (AvgIpc) is 2.57. The van der Waals surface area contributed by atoms with Gasteiger partial charge >= 0.3 is 17.9 Å². The molecule has 2 atom stereocenters. The van der Waals surface area contributed by atoms with Gasteiger partial charge in [-0.25, -0.2) is 4.79 Å². The highest BCUT2D eigenvalue weighted by Gasteiger charge is 2.38. The Balaban J connectivity index is 5.12.